The first-order valence-corrected chi connectivity index (χ1v) is 9.00. The maximum atomic E-state index is 12.4. The third-order valence-corrected chi connectivity index (χ3v) is 5.82. The lowest BCUT2D eigenvalue weighted by molar-refractivity contribution is 0.0994. The van der Waals surface area contributed by atoms with Gasteiger partial charge >= 0.3 is 0 Å². The largest absolute Gasteiger partial charge is 0.293 e. The number of halogens is 2. The first-order chi connectivity index (χ1) is 10.5. The number of ketones is 1. The molecule has 0 radical (unpaired) electrons. The molecule has 0 spiro atoms. The normalized spacial score (nSPS) is 12.5. The Balaban J connectivity index is 1.78. The lowest BCUT2D eigenvalue weighted by Crippen LogP contribution is -2.13. The van der Waals surface area contributed by atoms with E-state index in [4.69, 9.17) is 23.2 Å². The molecule has 0 aliphatic carbocycles. The highest BCUT2D eigenvalue weighted by molar-refractivity contribution is 8.02. The number of carbonyl (C=O) groups is 1. The number of fused-ring (bicyclic) bond motifs is 1. The second kappa shape index (κ2) is 6.59. The zero-order valence-electron chi connectivity index (χ0n) is 11.5. The van der Waals surface area contributed by atoms with Crippen LogP contribution in [0.3, 0.4) is 0 Å². The Labute approximate surface area is 146 Å². The van der Waals surface area contributed by atoms with Gasteiger partial charge in [-0.2, -0.15) is 0 Å². The summed E-state index contributed by atoms with van der Waals surface area (Å²) in [5.74, 6) is 0.0685. The van der Waals surface area contributed by atoms with Crippen molar-refractivity contribution in [3.8, 4) is 0 Å². The van der Waals surface area contributed by atoms with Crippen molar-refractivity contribution in [2.45, 2.75) is 16.5 Å². The van der Waals surface area contributed by atoms with E-state index in [1.54, 1.807) is 35.6 Å². The average Bonchev–Trinajstić information content (AvgIpc) is 2.88. The van der Waals surface area contributed by atoms with Gasteiger partial charge in [-0.05, 0) is 49.4 Å². The standard InChI is InChI=1S/C16H11Cl2NOS2/c1-9(15(20)10-2-4-11(17)5-3-10)21-16-19-13-8-12(18)6-7-14(13)22-16/h2-9H,1H3/t9-/m1/s1. The van der Waals surface area contributed by atoms with Crippen LogP contribution in [-0.4, -0.2) is 16.0 Å². The van der Waals surface area contributed by atoms with Gasteiger partial charge in [0, 0.05) is 15.6 Å². The topological polar surface area (TPSA) is 30.0 Å². The summed E-state index contributed by atoms with van der Waals surface area (Å²) in [7, 11) is 0. The SMILES string of the molecule is C[C@@H](Sc1nc2cc(Cl)ccc2s1)C(=O)c1ccc(Cl)cc1. The molecule has 2 aromatic carbocycles. The number of thioether (sulfide) groups is 1. The molecule has 3 aromatic rings. The minimum absolute atomic E-state index is 0.0685. The Morgan fingerprint density at radius 3 is 2.55 bits per heavy atom. The predicted molar refractivity (Wildman–Crippen MR) is 95.7 cm³/mol. The summed E-state index contributed by atoms with van der Waals surface area (Å²) in [4.78, 5) is 16.9. The summed E-state index contributed by atoms with van der Waals surface area (Å²) in [6.45, 7) is 1.89. The molecule has 0 unspecified atom stereocenters. The Morgan fingerprint density at radius 1 is 1.14 bits per heavy atom. The molecular formula is C16H11Cl2NOS2. The number of thiazole rings is 1. The van der Waals surface area contributed by atoms with E-state index in [-0.39, 0.29) is 11.0 Å². The molecule has 2 nitrogen and oxygen atoms in total. The van der Waals surface area contributed by atoms with Crippen LogP contribution < -0.4 is 0 Å². The maximum Gasteiger partial charge on any atom is 0.175 e. The van der Waals surface area contributed by atoms with E-state index in [1.165, 1.54) is 11.8 Å². The number of benzene rings is 2. The zero-order chi connectivity index (χ0) is 15.7. The van der Waals surface area contributed by atoms with E-state index in [2.05, 4.69) is 4.98 Å². The Bertz CT molecular complexity index is 830. The molecule has 1 aromatic heterocycles. The van der Waals surface area contributed by atoms with Gasteiger partial charge in [-0.15, -0.1) is 11.3 Å². The van der Waals surface area contributed by atoms with Crippen molar-refractivity contribution in [2.24, 2.45) is 0 Å². The smallest absolute Gasteiger partial charge is 0.175 e. The highest BCUT2D eigenvalue weighted by Gasteiger charge is 2.18. The second-order valence-electron chi connectivity index (χ2n) is 4.72. The number of carbonyl (C=O) groups excluding carboxylic acids is 1. The maximum absolute atomic E-state index is 12.4. The van der Waals surface area contributed by atoms with Gasteiger partial charge in [-0.25, -0.2) is 4.98 Å². The van der Waals surface area contributed by atoms with Crippen LogP contribution in [0.1, 0.15) is 17.3 Å². The van der Waals surface area contributed by atoms with Crippen molar-refractivity contribution in [3.05, 3.63) is 58.1 Å². The van der Waals surface area contributed by atoms with Gasteiger partial charge < -0.3 is 0 Å². The fourth-order valence-corrected chi connectivity index (χ4v) is 4.54. The third-order valence-electron chi connectivity index (χ3n) is 3.11. The molecular weight excluding hydrogens is 357 g/mol. The van der Waals surface area contributed by atoms with Gasteiger partial charge in [0.25, 0.3) is 0 Å². The van der Waals surface area contributed by atoms with Crippen molar-refractivity contribution in [1.82, 2.24) is 4.98 Å². The van der Waals surface area contributed by atoms with Crippen molar-refractivity contribution in [2.75, 3.05) is 0 Å². The number of rotatable bonds is 4. The number of Topliss-reactive ketones (excluding diaryl/α,β-unsaturated/α-hetero) is 1. The molecule has 0 bridgehead atoms. The molecule has 0 saturated heterocycles. The van der Waals surface area contributed by atoms with Crippen LogP contribution in [0.5, 0.6) is 0 Å². The molecule has 0 amide bonds. The monoisotopic (exact) mass is 367 g/mol. The first-order valence-electron chi connectivity index (χ1n) is 6.55. The second-order valence-corrected chi connectivity index (χ2v) is 8.21. The fourth-order valence-electron chi connectivity index (χ4n) is 1.98. The average molecular weight is 368 g/mol. The summed E-state index contributed by atoms with van der Waals surface area (Å²) in [5.41, 5.74) is 1.53. The van der Waals surface area contributed by atoms with Crippen molar-refractivity contribution in [3.63, 3.8) is 0 Å². The molecule has 1 heterocycles. The van der Waals surface area contributed by atoms with Gasteiger partial charge in [-0.1, -0.05) is 35.0 Å². The summed E-state index contributed by atoms with van der Waals surface area (Å²) < 4.78 is 1.94. The summed E-state index contributed by atoms with van der Waals surface area (Å²) in [5, 5.41) is 1.08. The summed E-state index contributed by atoms with van der Waals surface area (Å²) in [6.07, 6.45) is 0. The minimum Gasteiger partial charge on any atom is -0.293 e. The van der Waals surface area contributed by atoms with Crippen LogP contribution in [-0.2, 0) is 0 Å². The minimum atomic E-state index is -0.211. The van der Waals surface area contributed by atoms with E-state index in [9.17, 15) is 4.79 Å². The highest BCUT2D eigenvalue weighted by Crippen LogP contribution is 2.34. The predicted octanol–water partition coefficient (Wildman–Crippen LogP) is 5.97. The summed E-state index contributed by atoms with van der Waals surface area (Å²) in [6, 6.07) is 12.6. The molecule has 0 fully saturated rings. The van der Waals surface area contributed by atoms with Crippen LogP contribution in [0.25, 0.3) is 10.2 Å². The number of nitrogens with zero attached hydrogens (tertiary/aromatic N) is 1. The van der Waals surface area contributed by atoms with E-state index < -0.39 is 0 Å². The lowest BCUT2D eigenvalue weighted by Gasteiger charge is -2.08. The van der Waals surface area contributed by atoms with Gasteiger partial charge in [0.1, 0.15) is 0 Å². The molecule has 3 rings (SSSR count). The van der Waals surface area contributed by atoms with Gasteiger partial charge in [0.05, 0.1) is 15.5 Å². The Morgan fingerprint density at radius 2 is 1.82 bits per heavy atom. The first kappa shape index (κ1) is 15.8. The van der Waals surface area contributed by atoms with E-state index >= 15 is 0 Å². The molecule has 112 valence electrons. The van der Waals surface area contributed by atoms with E-state index in [0.29, 0.717) is 15.6 Å². The van der Waals surface area contributed by atoms with Crippen molar-refractivity contribution < 1.29 is 4.79 Å². The van der Waals surface area contributed by atoms with Crippen LogP contribution >= 0.6 is 46.3 Å². The molecule has 0 N–H and O–H groups in total. The van der Waals surface area contributed by atoms with E-state index in [0.717, 1.165) is 14.6 Å². The number of aromatic nitrogens is 1. The molecule has 0 saturated carbocycles. The molecule has 1 atom stereocenters. The summed E-state index contributed by atoms with van der Waals surface area (Å²) >= 11 is 14.9. The van der Waals surface area contributed by atoms with Crippen LogP contribution in [0.2, 0.25) is 10.0 Å². The number of hydrogen-bond acceptors (Lipinski definition) is 4. The molecule has 0 aliphatic heterocycles. The van der Waals surface area contributed by atoms with Gasteiger partial charge in [0.15, 0.2) is 10.1 Å². The van der Waals surface area contributed by atoms with Crippen LogP contribution in [0.15, 0.2) is 46.8 Å². The highest BCUT2D eigenvalue weighted by atomic mass is 35.5. The van der Waals surface area contributed by atoms with Crippen molar-refractivity contribution >= 4 is 62.3 Å². The molecule has 22 heavy (non-hydrogen) atoms. The number of hydrogen-bond donors (Lipinski definition) is 0. The molecule has 0 aliphatic rings. The fraction of sp³-hybridized carbons (Fsp3) is 0.125. The van der Waals surface area contributed by atoms with E-state index in [1.807, 2.05) is 25.1 Å². The van der Waals surface area contributed by atoms with Crippen LogP contribution in [0.4, 0.5) is 0 Å². The zero-order valence-corrected chi connectivity index (χ0v) is 14.7. The third kappa shape index (κ3) is 3.46. The van der Waals surface area contributed by atoms with Crippen LogP contribution in [0, 0.1) is 0 Å². The van der Waals surface area contributed by atoms with Crippen molar-refractivity contribution in [1.29, 1.82) is 0 Å². The Kier molecular flexibility index (Phi) is 4.73. The Hall–Kier alpha value is -1.07. The lowest BCUT2D eigenvalue weighted by atomic mass is 10.1. The van der Waals surface area contributed by atoms with Gasteiger partial charge in [-0.3, -0.25) is 4.79 Å². The van der Waals surface area contributed by atoms with Gasteiger partial charge in [0.2, 0.25) is 0 Å². The quantitative estimate of drug-likeness (QED) is 0.420. The molecule has 6 heteroatoms.